The van der Waals surface area contributed by atoms with Crippen LogP contribution >= 0.6 is 0 Å². The smallest absolute Gasteiger partial charge is 0.330 e. The number of hydrogen-bond donors (Lipinski definition) is 2. The van der Waals surface area contributed by atoms with Gasteiger partial charge in [0.25, 0.3) is 5.56 Å². The number of nitrogens with zero attached hydrogens (tertiary/aromatic N) is 3. The van der Waals surface area contributed by atoms with Gasteiger partial charge in [0.2, 0.25) is 11.8 Å². The summed E-state index contributed by atoms with van der Waals surface area (Å²) in [5.41, 5.74) is 6.04. The van der Waals surface area contributed by atoms with E-state index in [9.17, 15) is 19.2 Å². The molecule has 0 spiro atoms. The second kappa shape index (κ2) is 9.25. The Hall–Kier alpha value is -4.54. The summed E-state index contributed by atoms with van der Waals surface area (Å²) in [6.45, 7) is 1.12. The van der Waals surface area contributed by atoms with Gasteiger partial charge in [-0.15, -0.1) is 0 Å². The summed E-state index contributed by atoms with van der Waals surface area (Å²) >= 11 is 0. The first-order valence-corrected chi connectivity index (χ1v) is 11.5. The van der Waals surface area contributed by atoms with Crippen LogP contribution in [0, 0.1) is 5.92 Å². The highest BCUT2D eigenvalue weighted by molar-refractivity contribution is 6.05. The Morgan fingerprint density at radius 3 is 2.56 bits per heavy atom. The number of aromatic nitrogens is 2. The van der Waals surface area contributed by atoms with Crippen LogP contribution in [0.5, 0.6) is 11.5 Å². The van der Waals surface area contributed by atoms with E-state index >= 15 is 0 Å². The molecule has 2 amide bonds. The number of ether oxygens (including phenoxy) is 2. The zero-order chi connectivity index (χ0) is 25.4. The van der Waals surface area contributed by atoms with Crippen LogP contribution < -0.4 is 36.3 Å². The fourth-order valence-electron chi connectivity index (χ4n) is 4.53. The maximum atomic E-state index is 13.4. The Kier molecular flexibility index (Phi) is 5.96. The van der Waals surface area contributed by atoms with Gasteiger partial charge in [-0.05, 0) is 17.7 Å². The standard InChI is InChI=1S/C25H25N5O6/c1-28(21-22(26)30(25(34)27-23(21)32)13-15-5-3-2-4-6-15)24(33)16-11-20(31)29(14-16)17-7-8-18-19(12-17)36-10-9-35-18/h2-8,12,16H,9-11,13-14,26H2,1H3,(H,27,32,34). The molecule has 1 atom stereocenters. The first kappa shape index (κ1) is 23.2. The van der Waals surface area contributed by atoms with E-state index in [4.69, 9.17) is 15.2 Å². The van der Waals surface area contributed by atoms with Crippen molar-refractivity contribution >= 4 is 29.0 Å². The van der Waals surface area contributed by atoms with E-state index in [0.717, 1.165) is 10.5 Å². The normalized spacial score (nSPS) is 16.8. The molecule has 1 aromatic heterocycles. The third-order valence-corrected chi connectivity index (χ3v) is 6.38. The van der Waals surface area contributed by atoms with Gasteiger partial charge in [0.05, 0.1) is 12.5 Å². The van der Waals surface area contributed by atoms with Crippen LogP contribution in [0.15, 0.2) is 58.1 Å². The van der Waals surface area contributed by atoms with E-state index in [1.807, 2.05) is 30.3 Å². The molecule has 11 nitrogen and oxygen atoms in total. The molecule has 11 heteroatoms. The molecule has 5 rings (SSSR count). The van der Waals surface area contributed by atoms with Crippen molar-refractivity contribution in [3.63, 3.8) is 0 Å². The molecule has 1 fully saturated rings. The van der Waals surface area contributed by atoms with Crippen molar-refractivity contribution in [2.75, 3.05) is 42.3 Å². The van der Waals surface area contributed by atoms with Crippen LogP contribution in [0.1, 0.15) is 12.0 Å². The second-order valence-electron chi connectivity index (χ2n) is 8.70. The lowest BCUT2D eigenvalue weighted by Gasteiger charge is -2.24. The minimum atomic E-state index is -0.773. The van der Waals surface area contributed by atoms with Crippen LogP contribution in [-0.4, -0.2) is 48.2 Å². The molecule has 0 aliphatic carbocycles. The van der Waals surface area contributed by atoms with Crippen molar-refractivity contribution in [3.05, 3.63) is 74.9 Å². The third kappa shape index (κ3) is 4.19. The number of carbonyl (C=O) groups excluding carboxylic acids is 2. The van der Waals surface area contributed by atoms with Crippen molar-refractivity contribution in [2.45, 2.75) is 13.0 Å². The molecule has 3 heterocycles. The number of rotatable bonds is 5. The number of nitrogens with two attached hydrogens (primary N) is 1. The number of aromatic amines is 1. The predicted molar refractivity (Wildman–Crippen MR) is 133 cm³/mol. The van der Waals surface area contributed by atoms with Crippen LogP contribution in [0.2, 0.25) is 0 Å². The highest BCUT2D eigenvalue weighted by atomic mass is 16.6. The SMILES string of the molecule is CN(C(=O)C1CC(=O)N(c2ccc3c(c2)OCCO3)C1)c1c(N)n(Cc2ccccc2)c(=O)[nH]c1=O. The molecular weight excluding hydrogens is 466 g/mol. The number of anilines is 3. The molecule has 0 radical (unpaired) electrons. The highest BCUT2D eigenvalue weighted by Gasteiger charge is 2.38. The number of carbonyl (C=O) groups is 2. The van der Waals surface area contributed by atoms with Crippen molar-refractivity contribution in [1.82, 2.24) is 9.55 Å². The van der Waals surface area contributed by atoms with Crippen molar-refractivity contribution in [2.24, 2.45) is 5.92 Å². The monoisotopic (exact) mass is 491 g/mol. The minimum Gasteiger partial charge on any atom is -0.486 e. The summed E-state index contributed by atoms with van der Waals surface area (Å²) in [7, 11) is 1.41. The van der Waals surface area contributed by atoms with Gasteiger partial charge in [-0.3, -0.25) is 23.9 Å². The number of amides is 2. The zero-order valence-corrected chi connectivity index (χ0v) is 19.6. The molecular formula is C25H25N5O6. The van der Waals surface area contributed by atoms with Gasteiger partial charge in [-0.25, -0.2) is 4.79 Å². The average Bonchev–Trinajstić information content (AvgIpc) is 3.27. The summed E-state index contributed by atoms with van der Waals surface area (Å²) in [4.78, 5) is 56.2. The molecule has 36 heavy (non-hydrogen) atoms. The van der Waals surface area contributed by atoms with Crippen LogP contribution in [0.4, 0.5) is 17.2 Å². The summed E-state index contributed by atoms with van der Waals surface area (Å²) in [5.74, 6) is -0.372. The average molecular weight is 492 g/mol. The van der Waals surface area contributed by atoms with Gasteiger partial charge in [0.1, 0.15) is 19.0 Å². The first-order chi connectivity index (χ1) is 17.3. The molecule has 3 aromatic rings. The third-order valence-electron chi connectivity index (χ3n) is 6.38. The summed E-state index contributed by atoms with van der Waals surface area (Å²) in [6.07, 6.45) is -0.0287. The Labute approximate surface area is 205 Å². The van der Waals surface area contributed by atoms with E-state index in [1.165, 1.54) is 16.5 Å². The van der Waals surface area contributed by atoms with E-state index in [0.29, 0.717) is 30.4 Å². The highest BCUT2D eigenvalue weighted by Crippen LogP contribution is 2.36. The first-order valence-electron chi connectivity index (χ1n) is 11.5. The van der Waals surface area contributed by atoms with Gasteiger partial charge in [0, 0.05) is 31.8 Å². The van der Waals surface area contributed by atoms with E-state index in [1.54, 1.807) is 18.2 Å². The fraction of sp³-hybridized carbons (Fsp3) is 0.280. The van der Waals surface area contributed by atoms with Gasteiger partial charge in [-0.2, -0.15) is 0 Å². The van der Waals surface area contributed by atoms with Gasteiger partial charge in [0.15, 0.2) is 17.2 Å². The maximum Gasteiger partial charge on any atom is 0.330 e. The largest absolute Gasteiger partial charge is 0.486 e. The van der Waals surface area contributed by atoms with Crippen molar-refractivity contribution in [1.29, 1.82) is 0 Å². The van der Waals surface area contributed by atoms with Gasteiger partial charge in [-0.1, -0.05) is 30.3 Å². The van der Waals surface area contributed by atoms with E-state index in [2.05, 4.69) is 4.98 Å². The Balaban J connectivity index is 1.39. The minimum absolute atomic E-state index is 0.0287. The summed E-state index contributed by atoms with van der Waals surface area (Å²) < 4.78 is 12.3. The van der Waals surface area contributed by atoms with Gasteiger partial charge < -0.3 is 25.0 Å². The molecule has 2 aliphatic rings. The molecule has 2 aromatic carbocycles. The maximum absolute atomic E-state index is 13.4. The summed E-state index contributed by atoms with van der Waals surface area (Å²) in [5, 5.41) is 0. The van der Waals surface area contributed by atoms with E-state index < -0.39 is 23.1 Å². The molecule has 1 saturated heterocycles. The van der Waals surface area contributed by atoms with Crippen LogP contribution in [0.25, 0.3) is 0 Å². The van der Waals surface area contributed by atoms with E-state index in [-0.39, 0.29) is 36.9 Å². The number of nitrogens with one attached hydrogen (secondary N) is 1. The van der Waals surface area contributed by atoms with Crippen LogP contribution in [-0.2, 0) is 16.1 Å². The van der Waals surface area contributed by atoms with Gasteiger partial charge >= 0.3 is 5.69 Å². The number of H-pyrrole nitrogens is 1. The summed E-state index contributed by atoms with van der Waals surface area (Å²) in [6, 6.07) is 14.3. The van der Waals surface area contributed by atoms with Crippen LogP contribution in [0.3, 0.4) is 0 Å². The molecule has 2 aliphatic heterocycles. The lowest BCUT2D eigenvalue weighted by molar-refractivity contribution is -0.124. The number of benzene rings is 2. The Morgan fingerprint density at radius 2 is 1.81 bits per heavy atom. The number of fused-ring (bicyclic) bond motifs is 1. The molecule has 0 saturated carbocycles. The second-order valence-corrected chi connectivity index (χ2v) is 8.70. The Morgan fingerprint density at radius 1 is 1.08 bits per heavy atom. The topological polar surface area (TPSA) is 140 Å². The quantitative estimate of drug-likeness (QED) is 0.542. The molecule has 1 unspecified atom stereocenters. The van der Waals surface area contributed by atoms with Crippen molar-refractivity contribution in [3.8, 4) is 11.5 Å². The molecule has 3 N–H and O–H groups in total. The molecule has 186 valence electrons. The lowest BCUT2D eigenvalue weighted by atomic mass is 10.1. The predicted octanol–water partition coefficient (Wildman–Crippen LogP) is 0.954. The number of nitrogen functional groups attached to an aromatic ring is 1. The zero-order valence-electron chi connectivity index (χ0n) is 19.6. The fourth-order valence-corrected chi connectivity index (χ4v) is 4.53. The Bertz CT molecular complexity index is 1450. The molecule has 0 bridgehead atoms. The van der Waals surface area contributed by atoms with Crippen molar-refractivity contribution < 1.29 is 19.1 Å². The lowest BCUT2D eigenvalue weighted by Crippen LogP contribution is -2.42. The number of hydrogen-bond acceptors (Lipinski definition) is 7.